The molecule has 0 aliphatic heterocycles. The summed E-state index contributed by atoms with van der Waals surface area (Å²) >= 11 is 12.3. The zero-order valence-corrected chi connectivity index (χ0v) is 11.6. The molecule has 0 spiro atoms. The van der Waals surface area contributed by atoms with Gasteiger partial charge in [-0.15, -0.1) is 0 Å². The molecule has 1 aromatic carbocycles. The van der Waals surface area contributed by atoms with Gasteiger partial charge in [-0.2, -0.15) is 5.26 Å². The first-order valence-electron chi connectivity index (χ1n) is 6.32. The van der Waals surface area contributed by atoms with Crippen LogP contribution in [0.4, 0.5) is 0 Å². The maximum atomic E-state index is 9.33. The summed E-state index contributed by atoms with van der Waals surface area (Å²) in [5, 5.41) is 13.8. The Hall–Kier alpha value is -0.750. The molecule has 1 fully saturated rings. The quantitative estimate of drug-likeness (QED) is 0.887. The van der Waals surface area contributed by atoms with E-state index in [0.29, 0.717) is 21.7 Å². The van der Waals surface area contributed by atoms with E-state index in [4.69, 9.17) is 23.2 Å². The number of hydrogen-bond acceptors (Lipinski definition) is 2. The lowest BCUT2D eigenvalue weighted by molar-refractivity contribution is 0.360. The molecule has 1 aromatic rings. The third-order valence-electron chi connectivity index (χ3n) is 3.43. The zero-order chi connectivity index (χ0) is 13.0. The van der Waals surface area contributed by atoms with Crippen LogP contribution in [0, 0.1) is 11.3 Å². The summed E-state index contributed by atoms with van der Waals surface area (Å²) in [6, 6.07) is 7.59. The minimum Gasteiger partial charge on any atom is -0.295 e. The van der Waals surface area contributed by atoms with Crippen LogP contribution in [0.1, 0.15) is 43.7 Å². The number of nitriles is 1. The van der Waals surface area contributed by atoms with Crippen LogP contribution >= 0.6 is 23.2 Å². The van der Waals surface area contributed by atoms with Gasteiger partial charge < -0.3 is 0 Å². The molecule has 0 heterocycles. The van der Waals surface area contributed by atoms with Crippen LogP contribution in [-0.2, 0) is 0 Å². The van der Waals surface area contributed by atoms with Gasteiger partial charge in [-0.3, -0.25) is 5.32 Å². The van der Waals surface area contributed by atoms with Crippen molar-refractivity contribution < 1.29 is 0 Å². The van der Waals surface area contributed by atoms with Gasteiger partial charge in [0.15, 0.2) is 0 Å². The summed E-state index contributed by atoms with van der Waals surface area (Å²) in [5.41, 5.74) is 0.703. The number of nitrogens with one attached hydrogen (secondary N) is 1. The first-order chi connectivity index (χ1) is 8.72. The Kier molecular flexibility index (Phi) is 4.88. The van der Waals surface area contributed by atoms with Crippen LogP contribution in [-0.4, -0.2) is 6.04 Å². The van der Waals surface area contributed by atoms with Crippen LogP contribution in [0.2, 0.25) is 10.0 Å². The lowest BCUT2D eigenvalue weighted by atomic mass is 9.94. The highest BCUT2D eigenvalue weighted by Crippen LogP contribution is 2.31. The van der Waals surface area contributed by atoms with E-state index in [1.165, 1.54) is 19.3 Å². The second-order valence-electron chi connectivity index (χ2n) is 4.70. The van der Waals surface area contributed by atoms with Crippen molar-refractivity contribution in [1.82, 2.24) is 5.32 Å². The molecule has 2 nitrogen and oxygen atoms in total. The molecule has 1 unspecified atom stereocenters. The Bertz CT molecular complexity index is 427. The first-order valence-corrected chi connectivity index (χ1v) is 7.07. The maximum Gasteiger partial charge on any atom is 0.124 e. The molecule has 0 bridgehead atoms. The Morgan fingerprint density at radius 3 is 2.33 bits per heavy atom. The molecule has 0 aromatic heterocycles. The summed E-state index contributed by atoms with van der Waals surface area (Å²) in [6.07, 6.45) is 6.00. The minimum atomic E-state index is -0.422. The summed E-state index contributed by atoms with van der Waals surface area (Å²) in [4.78, 5) is 0. The fourth-order valence-corrected chi connectivity index (χ4v) is 3.09. The summed E-state index contributed by atoms with van der Waals surface area (Å²) < 4.78 is 0. The average Bonchev–Trinajstić information content (AvgIpc) is 2.38. The monoisotopic (exact) mass is 282 g/mol. The molecule has 1 N–H and O–H groups in total. The van der Waals surface area contributed by atoms with Crippen molar-refractivity contribution >= 4 is 23.2 Å². The third-order valence-corrected chi connectivity index (χ3v) is 4.08. The van der Waals surface area contributed by atoms with E-state index in [9.17, 15) is 5.26 Å². The van der Waals surface area contributed by atoms with Crippen LogP contribution in [0.5, 0.6) is 0 Å². The van der Waals surface area contributed by atoms with E-state index in [2.05, 4.69) is 11.4 Å². The largest absolute Gasteiger partial charge is 0.295 e. The highest BCUT2D eigenvalue weighted by atomic mass is 35.5. The molecule has 18 heavy (non-hydrogen) atoms. The van der Waals surface area contributed by atoms with Crippen molar-refractivity contribution in [2.75, 3.05) is 0 Å². The van der Waals surface area contributed by atoms with E-state index in [1.807, 2.05) is 0 Å². The second-order valence-corrected chi connectivity index (χ2v) is 5.51. The number of nitrogens with zero attached hydrogens (tertiary/aromatic N) is 1. The topological polar surface area (TPSA) is 35.8 Å². The molecule has 1 aliphatic rings. The molecule has 0 saturated heterocycles. The smallest absolute Gasteiger partial charge is 0.124 e. The van der Waals surface area contributed by atoms with Crippen molar-refractivity contribution in [3.63, 3.8) is 0 Å². The Balaban J connectivity index is 2.15. The van der Waals surface area contributed by atoms with Crippen molar-refractivity contribution in [3.8, 4) is 6.07 Å². The van der Waals surface area contributed by atoms with Crippen LogP contribution in [0.3, 0.4) is 0 Å². The van der Waals surface area contributed by atoms with Crippen molar-refractivity contribution in [2.24, 2.45) is 0 Å². The molecular formula is C14H16Cl2N2. The van der Waals surface area contributed by atoms with Crippen molar-refractivity contribution in [1.29, 1.82) is 5.26 Å². The van der Waals surface area contributed by atoms with Gasteiger partial charge in [-0.1, -0.05) is 48.5 Å². The summed E-state index contributed by atoms with van der Waals surface area (Å²) in [6.45, 7) is 0. The van der Waals surface area contributed by atoms with Gasteiger partial charge in [-0.05, 0) is 25.0 Å². The highest BCUT2D eigenvalue weighted by molar-refractivity contribution is 6.36. The normalized spacial score (nSPS) is 18.3. The van der Waals surface area contributed by atoms with E-state index >= 15 is 0 Å². The van der Waals surface area contributed by atoms with Gasteiger partial charge in [0.25, 0.3) is 0 Å². The lowest BCUT2D eigenvalue weighted by Gasteiger charge is -2.26. The standard InChI is InChI=1S/C14H16Cl2N2/c15-11-7-4-8-12(16)14(11)13(9-17)18-10-5-2-1-3-6-10/h4,7-8,10,13,18H,1-3,5-6H2. The number of rotatable bonds is 3. The number of benzene rings is 1. The predicted octanol–water partition coefficient (Wildman–Crippen LogP) is 4.48. The molecule has 0 amide bonds. The van der Waals surface area contributed by atoms with Crippen molar-refractivity contribution in [2.45, 2.75) is 44.2 Å². The van der Waals surface area contributed by atoms with Gasteiger partial charge in [0.05, 0.1) is 6.07 Å². The molecule has 4 heteroatoms. The van der Waals surface area contributed by atoms with E-state index in [1.54, 1.807) is 18.2 Å². The molecule has 0 radical (unpaired) electrons. The predicted molar refractivity (Wildman–Crippen MR) is 74.8 cm³/mol. The van der Waals surface area contributed by atoms with E-state index in [0.717, 1.165) is 12.8 Å². The van der Waals surface area contributed by atoms with Crippen LogP contribution in [0.15, 0.2) is 18.2 Å². The van der Waals surface area contributed by atoms with Crippen LogP contribution < -0.4 is 5.32 Å². The number of halogens is 2. The van der Waals surface area contributed by atoms with Gasteiger partial charge in [0, 0.05) is 21.7 Å². The van der Waals surface area contributed by atoms with Gasteiger partial charge in [0.2, 0.25) is 0 Å². The van der Waals surface area contributed by atoms with Crippen LogP contribution in [0.25, 0.3) is 0 Å². The SMILES string of the molecule is N#CC(NC1CCCCC1)c1c(Cl)cccc1Cl. The van der Waals surface area contributed by atoms with Gasteiger partial charge in [0.1, 0.15) is 6.04 Å². The Labute approximate surface area is 118 Å². The fourth-order valence-electron chi connectivity index (χ4n) is 2.48. The summed E-state index contributed by atoms with van der Waals surface area (Å²) in [7, 11) is 0. The second kappa shape index (κ2) is 6.43. The molecular weight excluding hydrogens is 267 g/mol. The van der Waals surface area contributed by atoms with E-state index < -0.39 is 6.04 Å². The molecule has 1 saturated carbocycles. The number of hydrogen-bond donors (Lipinski definition) is 1. The zero-order valence-electron chi connectivity index (χ0n) is 10.1. The average molecular weight is 283 g/mol. The van der Waals surface area contributed by atoms with E-state index in [-0.39, 0.29) is 0 Å². The molecule has 1 atom stereocenters. The fraction of sp³-hybridized carbons (Fsp3) is 0.500. The van der Waals surface area contributed by atoms with Gasteiger partial charge >= 0.3 is 0 Å². The Morgan fingerprint density at radius 1 is 1.17 bits per heavy atom. The molecule has 1 aliphatic carbocycles. The van der Waals surface area contributed by atoms with Gasteiger partial charge in [-0.25, -0.2) is 0 Å². The van der Waals surface area contributed by atoms with Crippen molar-refractivity contribution in [3.05, 3.63) is 33.8 Å². The first kappa shape index (κ1) is 13.7. The lowest BCUT2D eigenvalue weighted by Crippen LogP contribution is -2.34. The molecule has 2 rings (SSSR count). The minimum absolute atomic E-state index is 0.399. The highest BCUT2D eigenvalue weighted by Gasteiger charge is 2.22. The maximum absolute atomic E-state index is 9.33. The Morgan fingerprint density at radius 2 is 1.78 bits per heavy atom. The third kappa shape index (κ3) is 3.17. The molecule has 96 valence electrons. The summed E-state index contributed by atoms with van der Waals surface area (Å²) in [5.74, 6) is 0.